The fourth-order valence-corrected chi connectivity index (χ4v) is 3.76. The van der Waals surface area contributed by atoms with Crippen LogP contribution in [0.15, 0.2) is 30.5 Å². The second kappa shape index (κ2) is 8.87. The van der Waals surface area contributed by atoms with Gasteiger partial charge in [0.2, 0.25) is 0 Å². The summed E-state index contributed by atoms with van der Waals surface area (Å²) in [6.45, 7) is 7.29. The molecule has 2 unspecified atom stereocenters. The number of hydrogen-bond acceptors (Lipinski definition) is 5. The number of likely N-dealkylation sites (N-methyl/N-ethyl adjacent to an activating group) is 2. The predicted octanol–water partition coefficient (Wildman–Crippen LogP) is 3.36. The molecule has 0 radical (unpaired) electrons. The van der Waals surface area contributed by atoms with E-state index >= 15 is 0 Å². The molecule has 148 valence electrons. The molecule has 2 aromatic rings. The lowest BCUT2D eigenvalue weighted by Gasteiger charge is -2.32. The minimum atomic E-state index is 0.0701. The Bertz CT molecular complexity index is 742. The van der Waals surface area contributed by atoms with E-state index in [4.69, 9.17) is 4.74 Å². The van der Waals surface area contributed by atoms with Crippen LogP contribution in [0.3, 0.4) is 0 Å². The molecule has 0 amide bonds. The number of methoxy groups -OCH3 is 1. The molecule has 0 saturated heterocycles. The number of aromatic nitrogens is 2. The van der Waals surface area contributed by atoms with Crippen LogP contribution in [-0.4, -0.2) is 49.0 Å². The summed E-state index contributed by atoms with van der Waals surface area (Å²) in [5.74, 6) is 1.09. The van der Waals surface area contributed by atoms with Crippen molar-refractivity contribution in [3.63, 3.8) is 0 Å². The molecule has 6 nitrogen and oxygen atoms in total. The summed E-state index contributed by atoms with van der Waals surface area (Å²) >= 11 is 0. The molecule has 2 heterocycles. The van der Waals surface area contributed by atoms with Gasteiger partial charge < -0.3 is 20.3 Å². The maximum atomic E-state index is 5.79. The van der Waals surface area contributed by atoms with Crippen LogP contribution < -0.4 is 10.6 Å². The first-order valence-corrected chi connectivity index (χ1v) is 9.82. The van der Waals surface area contributed by atoms with Crippen LogP contribution in [0, 0.1) is 0 Å². The summed E-state index contributed by atoms with van der Waals surface area (Å²) in [4.78, 5) is 2.34. The number of benzene rings is 1. The molecule has 1 aromatic heterocycles. The van der Waals surface area contributed by atoms with Gasteiger partial charge in [0.05, 0.1) is 18.3 Å². The second-order valence-corrected chi connectivity index (χ2v) is 7.73. The molecule has 27 heavy (non-hydrogen) atoms. The summed E-state index contributed by atoms with van der Waals surface area (Å²) in [5.41, 5.74) is 3.80. The predicted molar refractivity (Wildman–Crippen MR) is 110 cm³/mol. The fourth-order valence-electron chi connectivity index (χ4n) is 3.76. The highest BCUT2D eigenvalue weighted by Crippen LogP contribution is 2.41. The summed E-state index contributed by atoms with van der Waals surface area (Å²) in [6, 6.07) is 9.43. The van der Waals surface area contributed by atoms with Crippen LogP contribution in [0.4, 0.5) is 5.82 Å². The van der Waals surface area contributed by atoms with Crippen LogP contribution in [0.2, 0.25) is 0 Å². The van der Waals surface area contributed by atoms with Gasteiger partial charge in [0.15, 0.2) is 0 Å². The summed E-state index contributed by atoms with van der Waals surface area (Å²) in [6.07, 6.45) is 2.92. The monoisotopic (exact) mass is 371 g/mol. The number of nitrogens with one attached hydrogen (secondary N) is 2. The molecule has 0 saturated carbocycles. The lowest BCUT2D eigenvalue weighted by molar-refractivity contribution is 0.0876. The quantitative estimate of drug-likeness (QED) is 0.745. The number of fused-ring (bicyclic) bond motifs is 1. The SMILES string of the molecule is CNCCN(C)Cc1cccc(C2CC(OC)c3cnn(C(C)C)c3N2)c1. The molecular formula is C21H33N5O. The zero-order chi connectivity index (χ0) is 19.4. The van der Waals surface area contributed by atoms with Crippen molar-refractivity contribution in [3.05, 3.63) is 47.2 Å². The Morgan fingerprint density at radius 2 is 2.22 bits per heavy atom. The molecule has 1 aliphatic heterocycles. The van der Waals surface area contributed by atoms with Crippen LogP contribution in [0.25, 0.3) is 0 Å². The highest BCUT2D eigenvalue weighted by Gasteiger charge is 2.31. The molecular weight excluding hydrogens is 338 g/mol. The Morgan fingerprint density at radius 3 is 2.93 bits per heavy atom. The molecule has 1 aromatic carbocycles. The summed E-state index contributed by atoms with van der Waals surface area (Å²) in [5, 5.41) is 11.5. The molecule has 1 aliphatic rings. The minimum Gasteiger partial charge on any atom is -0.376 e. The highest BCUT2D eigenvalue weighted by molar-refractivity contribution is 5.51. The van der Waals surface area contributed by atoms with Gasteiger partial charge >= 0.3 is 0 Å². The van der Waals surface area contributed by atoms with Gasteiger partial charge in [0.1, 0.15) is 5.82 Å². The van der Waals surface area contributed by atoms with Crippen molar-refractivity contribution in [2.24, 2.45) is 0 Å². The Labute approximate surface area is 162 Å². The first-order chi connectivity index (χ1) is 13.0. The lowest BCUT2D eigenvalue weighted by atomic mass is 9.93. The van der Waals surface area contributed by atoms with Gasteiger partial charge in [-0.2, -0.15) is 5.10 Å². The molecule has 2 N–H and O–H groups in total. The Hall–Kier alpha value is -1.89. The Morgan fingerprint density at radius 1 is 1.41 bits per heavy atom. The van der Waals surface area contributed by atoms with E-state index in [1.54, 1.807) is 7.11 Å². The summed E-state index contributed by atoms with van der Waals surface area (Å²) in [7, 11) is 5.94. The third-order valence-corrected chi connectivity index (χ3v) is 5.25. The van der Waals surface area contributed by atoms with Gasteiger partial charge in [0, 0.05) is 44.8 Å². The average molecular weight is 372 g/mol. The molecule has 0 fully saturated rings. The van der Waals surface area contributed by atoms with Crippen molar-refractivity contribution in [1.29, 1.82) is 0 Å². The van der Waals surface area contributed by atoms with Gasteiger partial charge in [-0.05, 0) is 39.1 Å². The van der Waals surface area contributed by atoms with Gasteiger partial charge in [0.25, 0.3) is 0 Å². The maximum Gasteiger partial charge on any atom is 0.130 e. The van der Waals surface area contributed by atoms with Gasteiger partial charge in [-0.15, -0.1) is 0 Å². The van der Waals surface area contributed by atoms with E-state index < -0.39 is 0 Å². The standard InChI is InChI=1S/C21H33N5O/c1-15(2)26-21-18(13-23-26)20(27-5)12-19(24-21)17-8-6-7-16(11-17)14-25(4)10-9-22-3/h6-8,11,13,15,19-20,22,24H,9-10,12,14H2,1-5H3. The van der Waals surface area contributed by atoms with Crippen LogP contribution >= 0.6 is 0 Å². The van der Waals surface area contributed by atoms with Crippen molar-refractivity contribution in [2.45, 2.75) is 45.0 Å². The van der Waals surface area contributed by atoms with Crippen molar-refractivity contribution in [3.8, 4) is 0 Å². The van der Waals surface area contributed by atoms with Crippen LogP contribution in [0.1, 0.15) is 55.1 Å². The number of nitrogens with zero attached hydrogens (tertiary/aromatic N) is 3. The van der Waals surface area contributed by atoms with Crippen molar-refractivity contribution >= 4 is 5.82 Å². The molecule has 6 heteroatoms. The Kier molecular flexibility index (Phi) is 6.52. The number of ether oxygens (including phenoxy) is 1. The largest absolute Gasteiger partial charge is 0.376 e. The molecule has 3 rings (SSSR count). The third kappa shape index (κ3) is 4.51. The van der Waals surface area contributed by atoms with E-state index in [0.29, 0.717) is 6.04 Å². The third-order valence-electron chi connectivity index (χ3n) is 5.25. The topological polar surface area (TPSA) is 54.4 Å². The number of rotatable bonds is 8. The first-order valence-electron chi connectivity index (χ1n) is 9.82. The van der Waals surface area contributed by atoms with E-state index in [-0.39, 0.29) is 12.1 Å². The highest BCUT2D eigenvalue weighted by atomic mass is 16.5. The molecule has 2 atom stereocenters. The number of hydrogen-bond donors (Lipinski definition) is 2. The second-order valence-electron chi connectivity index (χ2n) is 7.73. The van der Waals surface area contributed by atoms with Crippen LogP contribution in [-0.2, 0) is 11.3 Å². The van der Waals surface area contributed by atoms with E-state index in [9.17, 15) is 0 Å². The normalized spacial score (nSPS) is 19.4. The zero-order valence-electron chi connectivity index (χ0n) is 17.2. The van der Waals surface area contributed by atoms with Crippen molar-refractivity contribution < 1.29 is 4.74 Å². The van der Waals surface area contributed by atoms with E-state index in [1.165, 1.54) is 11.1 Å². The maximum absolute atomic E-state index is 5.79. The van der Waals surface area contributed by atoms with Gasteiger partial charge in [-0.1, -0.05) is 24.3 Å². The van der Waals surface area contributed by atoms with E-state index in [2.05, 4.69) is 70.5 Å². The first kappa shape index (κ1) is 19.9. The van der Waals surface area contributed by atoms with Crippen molar-refractivity contribution in [1.82, 2.24) is 20.0 Å². The fraction of sp³-hybridized carbons (Fsp3) is 0.571. The van der Waals surface area contributed by atoms with E-state index in [1.807, 2.05) is 13.2 Å². The van der Waals surface area contributed by atoms with Crippen LogP contribution in [0.5, 0.6) is 0 Å². The van der Waals surface area contributed by atoms with Gasteiger partial charge in [-0.3, -0.25) is 0 Å². The average Bonchev–Trinajstić information content (AvgIpc) is 3.10. The molecule has 0 bridgehead atoms. The molecule has 0 aliphatic carbocycles. The molecule has 0 spiro atoms. The van der Waals surface area contributed by atoms with E-state index in [0.717, 1.165) is 37.4 Å². The summed E-state index contributed by atoms with van der Waals surface area (Å²) < 4.78 is 7.85. The number of anilines is 1. The minimum absolute atomic E-state index is 0.0701. The Balaban J connectivity index is 1.80. The van der Waals surface area contributed by atoms with Crippen molar-refractivity contribution in [2.75, 3.05) is 39.6 Å². The smallest absolute Gasteiger partial charge is 0.130 e. The van der Waals surface area contributed by atoms with Gasteiger partial charge in [-0.25, -0.2) is 4.68 Å². The lowest BCUT2D eigenvalue weighted by Crippen LogP contribution is -2.27. The zero-order valence-corrected chi connectivity index (χ0v) is 17.2.